The number of fused-ring (bicyclic) bond motifs is 2. The van der Waals surface area contributed by atoms with Gasteiger partial charge in [0.2, 0.25) is 5.91 Å². The molecule has 0 radical (unpaired) electrons. The van der Waals surface area contributed by atoms with Crippen molar-refractivity contribution in [2.24, 2.45) is 5.73 Å². The van der Waals surface area contributed by atoms with E-state index >= 15 is 4.39 Å². The number of rotatable bonds is 5. The number of aromatic amines is 1. The van der Waals surface area contributed by atoms with E-state index < -0.39 is 29.9 Å². The second kappa shape index (κ2) is 8.93. The summed E-state index contributed by atoms with van der Waals surface area (Å²) < 4.78 is 32.1. The van der Waals surface area contributed by atoms with Crippen LogP contribution in [0.3, 0.4) is 0 Å². The standard InChI is InChI=1S/C27H25FN4O5/c1-14(33)30-18-8-6-16(7-9-18)15-2-4-17(5-3-15)25-19(28)10-20-21(32-25)11-24(31-20)37-22-12-36-27(29)23(34)13-35-26(22)27/h2-11,22-23,26,31,34H,12-13,29H2,1H3,(H,30,33)/t22-,23-,26-,27-/m1/s1. The van der Waals surface area contributed by atoms with Crippen molar-refractivity contribution in [3.63, 3.8) is 0 Å². The van der Waals surface area contributed by atoms with Crippen molar-refractivity contribution >= 4 is 22.6 Å². The quantitative estimate of drug-likeness (QED) is 0.328. The number of nitrogens with zero attached hydrogens (tertiary/aromatic N) is 1. The van der Waals surface area contributed by atoms with Crippen LogP contribution in [0.2, 0.25) is 0 Å². The van der Waals surface area contributed by atoms with Crippen molar-refractivity contribution in [1.29, 1.82) is 0 Å². The highest BCUT2D eigenvalue weighted by atomic mass is 19.1. The topological polar surface area (TPSA) is 132 Å². The zero-order valence-corrected chi connectivity index (χ0v) is 19.9. The number of carbonyl (C=O) groups is 1. The Bertz CT molecular complexity index is 1470. The molecule has 5 N–H and O–H groups in total. The maximum Gasteiger partial charge on any atom is 0.221 e. The van der Waals surface area contributed by atoms with Gasteiger partial charge in [0.1, 0.15) is 17.9 Å². The molecule has 2 aliphatic rings. The van der Waals surface area contributed by atoms with Gasteiger partial charge >= 0.3 is 0 Å². The number of hydrogen-bond acceptors (Lipinski definition) is 7. The first-order valence-electron chi connectivity index (χ1n) is 11.9. The summed E-state index contributed by atoms with van der Waals surface area (Å²) in [5.41, 5.74) is 9.35. The molecule has 0 bridgehead atoms. The highest BCUT2D eigenvalue weighted by Crippen LogP contribution is 2.36. The zero-order chi connectivity index (χ0) is 25.7. The molecule has 2 aromatic carbocycles. The number of aromatic nitrogens is 2. The monoisotopic (exact) mass is 504 g/mol. The fourth-order valence-corrected chi connectivity index (χ4v) is 4.84. The summed E-state index contributed by atoms with van der Waals surface area (Å²) >= 11 is 0. The predicted molar refractivity (Wildman–Crippen MR) is 134 cm³/mol. The third-order valence-electron chi connectivity index (χ3n) is 6.74. The van der Waals surface area contributed by atoms with Crippen molar-refractivity contribution < 1.29 is 28.5 Å². The molecule has 10 heteroatoms. The highest BCUT2D eigenvalue weighted by Gasteiger charge is 2.58. The lowest BCUT2D eigenvalue weighted by Crippen LogP contribution is -2.55. The Hall–Kier alpha value is -3.83. The first kappa shape index (κ1) is 23.6. The number of anilines is 1. The van der Waals surface area contributed by atoms with Crippen molar-refractivity contribution in [2.75, 3.05) is 18.5 Å². The molecule has 1 amide bonds. The first-order valence-corrected chi connectivity index (χ1v) is 11.9. The van der Waals surface area contributed by atoms with Gasteiger partial charge < -0.3 is 29.6 Å². The van der Waals surface area contributed by atoms with Crippen LogP contribution in [0.25, 0.3) is 33.4 Å². The minimum Gasteiger partial charge on any atom is -0.470 e. The molecule has 0 saturated carbocycles. The molecule has 0 spiro atoms. The highest BCUT2D eigenvalue weighted by molar-refractivity contribution is 5.89. The van der Waals surface area contributed by atoms with Gasteiger partial charge in [0.05, 0.1) is 24.2 Å². The smallest absolute Gasteiger partial charge is 0.221 e. The van der Waals surface area contributed by atoms with Crippen LogP contribution in [0.4, 0.5) is 10.1 Å². The second-order valence-corrected chi connectivity index (χ2v) is 9.31. The number of nitrogens with one attached hydrogen (secondary N) is 2. The van der Waals surface area contributed by atoms with Gasteiger partial charge in [-0.3, -0.25) is 10.5 Å². The Labute approximate surface area is 211 Å². The molecule has 6 rings (SSSR count). The number of aliphatic hydroxyl groups is 1. The molecule has 2 saturated heterocycles. The van der Waals surface area contributed by atoms with Crippen molar-refractivity contribution in [1.82, 2.24) is 9.97 Å². The van der Waals surface area contributed by atoms with Crippen LogP contribution in [-0.4, -0.2) is 58.2 Å². The molecule has 190 valence electrons. The number of aliphatic hydroxyl groups excluding tert-OH is 1. The van der Waals surface area contributed by atoms with Crippen molar-refractivity contribution in [3.05, 3.63) is 66.5 Å². The van der Waals surface area contributed by atoms with E-state index in [9.17, 15) is 9.90 Å². The average Bonchev–Trinajstić information content (AvgIpc) is 3.51. The van der Waals surface area contributed by atoms with Crippen LogP contribution < -0.4 is 15.8 Å². The van der Waals surface area contributed by atoms with E-state index in [1.54, 1.807) is 6.07 Å². The molecule has 4 atom stereocenters. The lowest BCUT2D eigenvalue weighted by molar-refractivity contribution is -0.114. The van der Waals surface area contributed by atoms with Gasteiger partial charge in [-0.05, 0) is 23.3 Å². The minimum absolute atomic E-state index is 0.0744. The summed E-state index contributed by atoms with van der Waals surface area (Å²) in [5, 5.41) is 12.8. The van der Waals surface area contributed by atoms with Crippen LogP contribution in [0, 0.1) is 5.82 Å². The van der Waals surface area contributed by atoms with Crippen LogP contribution in [0.1, 0.15) is 6.92 Å². The molecule has 2 fully saturated rings. The number of ether oxygens (including phenoxy) is 3. The number of nitrogens with two attached hydrogens (primary N) is 1. The van der Waals surface area contributed by atoms with Crippen LogP contribution in [-0.2, 0) is 14.3 Å². The van der Waals surface area contributed by atoms with Crippen molar-refractivity contribution in [2.45, 2.75) is 31.0 Å². The fraction of sp³-hybridized carbons (Fsp3) is 0.259. The summed E-state index contributed by atoms with van der Waals surface area (Å²) in [6.45, 7) is 1.69. The number of benzene rings is 2. The Kier molecular flexibility index (Phi) is 5.68. The number of pyridine rings is 1. The van der Waals surface area contributed by atoms with E-state index in [1.165, 1.54) is 13.0 Å². The Morgan fingerprint density at radius 1 is 1.14 bits per heavy atom. The van der Waals surface area contributed by atoms with Crippen molar-refractivity contribution in [3.8, 4) is 28.3 Å². The van der Waals surface area contributed by atoms with E-state index in [-0.39, 0.29) is 24.8 Å². The maximum atomic E-state index is 15.0. The minimum atomic E-state index is -1.30. The molecule has 0 unspecified atom stereocenters. The summed E-state index contributed by atoms with van der Waals surface area (Å²) in [6, 6.07) is 18.0. The molecular formula is C27H25FN4O5. The second-order valence-electron chi connectivity index (χ2n) is 9.31. The number of halogens is 1. The van der Waals surface area contributed by atoms with Crippen LogP contribution >= 0.6 is 0 Å². The Morgan fingerprint density at radius 2 is 1.81 bits per heavy atom. The molecule has 4 heterocycles. The van der Waals surface area contributed by atoms with Crippen LogP contribution in [0.15, 0.2) is 60.7 Å². The third-order valence-corrected chi connectivity index (χ3v) is 6.74. The van der Waals surface area contributed by atoms with Gasteiger partial charge in [-0.25, -0.2) is 9.37 Å². The third kappa shape index (κ3) is 4.23. The summed E-state index contributed by atoms with van der Waals surface area (Å²) in [6.07, 6.45) is -2.07. The molecule has 9 nitrogen and oxygen atoms in total. The summed E-state index contributed by atoms with van der Waals surface area (Å²) in [5.74, 6) is -0.224. The molecular weight excluding hydrogens is 479 g/mol. The van der Waals surface area contributed by atoms with E-state index in [0.717, 1.165) is 16.8 Å². The average molecular weight is 505 g/mol. The van der Waals surface area contributed by atoms with Gasteiger partial charge in [-0.2, -0.15) is 0 Å². The first-order chi connectivity index (χ1) is 17.8. The number of H-pyrrole nitrogens is 1. The predicted octanol–water partition coefficient (Wildman–Crippen LogP) is 3.19. The number of hydrogen-bond donors (Lipinski definition) is 4. The van der Waals surface area contributed by atoms with E-state index in [0.29, 0.717) is 22.5 Å². The van der Waals surface area contributed by atoms with Gasteiger partial charge in [0.15, 0.2) is 23.5 Å². The lowest BCUT2D eigenvalue weighted by atomic mass is 10.0. The molecule has 2 aliphatic heterocycles. The Morgan fingerprint density at radius 3 is 2.51 bits per heavy atom. The normalized spacial score (nSPS) is 24.8. The van der Waals surface area contributed by atoms with Gasteiger partial charge in [0, 0.05) is 30.3 Å². The van der Waals surface area contributed by atoms with Gasteiger partial charge in [-0.1, -0.05) is 36.4 Å². The summed E-state index contributed by atoms with van der Waals surface area (Å²) in [7, 11) is 0. The lowest BCUT2D eigenvalue weighted by Gasteiger charge is -2.25. The number of carbonyl (C=O) groups excluding carboxylic acids is 1. The molecule has 2 aromatic heterocycles. The van der Waals surface area contributed by atoms with Gasteiger partial charge in [0.25, 0.3) is 0 Å². The molecule has 37 heavy (non-hydrogen) atoms. The fourth-order valence-electron chi connectivity index (χ4n) is 4.84. The Balaban J connectivity index is 1.21. The van der Waals surface area contributed by atoms with Gasteiger partial charge in [-0.15, -0.1) is 0 Å². The maximum absolute atomic E-state index is 15.0. The summed E-state index contributed by atoms with van der Waals surface area (Å²) in [4.78, 5) is 18.8. The molecule has 0 aliphatic carbocycles. The van der Waals surface area contributed by atoms with E-state index in [4.69, 9.17) is 19.9 Å². The van der Waals surface area contributed by atoms with E-state index in [1.807, 2.05) is 48.5 Å². The van der Waals surface area contributed by atoms with Crippen LogP contribution in [0.5, 0.6) is 5.88 Å². The molecule has 4 aromatic rings. The SMILES string of the molecule is CC(=O)Nc1ccc(-c2ccc(-c3nc4cc(O[C@@H]5CO[C@]6(N)[C@H](O)CO[C@H]56)[nH]c4cc3F)cc2)cc1. The number of amides is 1. The van der Waals surface area contributed by atoms with E-state index in [2.05, 4.69) is 15.3 Å². The largest absolute Gasteiger partial charge is 0.470 e. The zero-order valence-electron chi connectivity index (χ0n) is 19.9.